The van der Waals surface area contributed by atoms with E-state index in [9.17, 15) is 9.00 Å². The molecule has 0 aliphatic heterocycles. The number of Topliss-reactive ketones (excluding diaryl/α,β-unsaturated/α-hetero) is 1. The molecular formula is C10H12ClNO3S. The lowest BCUT2D eigenvalue weighted by molar-refractivity contribution is -0.117. The van der Waals surface area contributed by atoms with Gasteiger partial charge in [0.25, 0.3) is 0 Å². The van der Waals surface area contributed by atoms with Gasteiger partial charge in [0.05, 0.1) is 11.9 Å². The highest BCUT2D eigenvalue weighted by atomic mass is 35.5. The van der Waals surface area contributed by atoms with Crippen LogP contribution < -0.4 is 4.72 Å². The van der Waals surface area contributed by atoms with E-state index in [0.29, 0.717) is 0 Å². The molecule has 0 bridgehead atoms. The average Bonchev–Trinajstić information content (AvgIpc) is 2.28. The Morgan fingerprint density at radius 1 is 1.44 bits per heavy atom. The molecule has 2 unspecified atom stereocenters. The minimum atomic E-state index is -2.16. The standard InChI is InChI=1S/C10H12ClNO3S/c11-7-9(13)6-10(12-16(14)15)8-4-2-1-3-5-8/h1-5,10,12H,6-7H2,(H,14,15). The van der Waals surface area contributed by atoms with Gasteiger partial charge in [0.15, 0.2) is 0 Å². The van der Waals surface area contributed by atoms with Crippen LogP contribution in [0, 0.1) is 0 Å². The van der Waals surface area contributed by atoms with Crippen LogP contribution in [0.25, 0.3) is 0 Å². The Balaban J connectivity index is 2.79. The Kier molecular flexibility index (Phi) is 5.62. The Morgan fingerprint density at radius 2 is 2.06 bits per heavy atom. The number of hydrogen-bond donors (Lipinski definition) is 2. The first kappa shape index (κ1) is 13.3. The summed E-state index contributed by atoms with van der Waals surface area (Å²) in [5.74, 6) is -0.267. The fourth-order valence-corrected chi connectivity index (χ4v) is 1.89. The van der Waals surface area contributed by atoms with Crippen LogP contribution in [-0.2, 0) is 16.1 Å². The lowest BCUT2D eigenvalue weighted by Crippen LogP contribution is -2.25. The monoisotopic (exact) mass is 261 g/mol. The highest BCUT2D eigenvalue weighted by Crippen LogP contribution is 2.17. The van der Waals surface area contributed by atoms with Crippen LogP contribution in [0.1, 0.15) is 18.0 Å². The van der Waals surface area contributed by atoms with Crippen molar-refractivity contribution < 1.29 is 13.6 Å². The molecule has 0 spiro atoms. The molecule has 0 amide bonds. The second kappa shape index (κ2) is 6.75. The lowest BCUT2D eigenvalue weighted by atomic mass is 10.0. The van der Waals surface area contributed by atoms with Crippen molar-refractivity contribution in [2.45, 2.75) is 12.5 Å². The summed E-state index contributed by atoms with van der Waals surface area (Å²) in [7, 11) is 0. The number of rotatable bonds is 6. The van der Waals surface area contributed by atoms with Gasteiger partial charge in [-0.2, -0.15) is 0 Å². The Morgan fingerprint density at radius 3 is 2.56 bits per heavy atom. The molecule has 1 aromatic rings. The third-order valence-electron chi connectivity index (χ3n) is 2.03. The first-order chi connectivity index (χ1) is 7.63. The van der Waals surface area contributed by atoms with E-state index < -0.39 is 17.3 Å². The number of ketones is 1. The number of alkyl halides is 1. The molecule has 0 saturated carbocycles. The molecule has 0 aliphatic rings. The van der Waals surface area contributed by atoms with Crippen molar-refractivity contribution >= 4 is 28.7 Å². The van der Waals surface area contributed by atoms with Gasteiger partial charge in [0, 0.05) is 6.42 Å². The van der Waals surface area contributed by atoms with Crippen LogP contribution in [0.3, 0.4) is 0 Å². The van der Waals surface area contributed by atoms with Gasteiger partial charge in [0.1, 0.15) is 5.78 Å². The third kappa shape index (κ3) is 4.40. The first-order valence-electron chi connectivity index (χ1n) is 4.63. The first-order valence-corrected chi connectivity index (χ1v) is 6.27. The van der Waals surface area contributed by atoms with Crippen molar-refractivity contribution in [1.82, 2.24) is 4.72 Å². The van der Waals surface area contributed by atoms with Gasteiger partial charge in [-0.05, 0) is 5.56 Å². The van der Waals surface area contributed by atoms with Crippen molar-refractivity contribution in [3.05, 3.63) is 35.9 Å². The Hall–Kier alpha value is -0.750. The second-order valence-corrected chi connectivity index (χ2v) is 4.21. The molecule has 4 nitrogen and oxygen atoms in total. The van der Waals surface area contributed by atoms with E-state index in [2.05, 4.69) is 4.72 Å². The average molecular weight is 262 g/mol. The lowest BCUT2D eigenvalue weighted by Gasteiger charge is -2.15. The smallest absolute Gasteiger partial charge is 0.232 e. The summed E-state index contributed by atoms with van der Waals surface area (Å²) < 4.78 is 21.9. The van der Waals surface area contributed by atoms with Crippen LogP contribution >= 0.6 is 11.6 Å². The third-order valence-corrected chi connectivity index (χ3v) is 2.81. The summed E-state index contributed by atoms with van der Waals surface area (Å²) in [6.07, 6.45) is 0.0970. The highest BCUT2D eigenvalue weighted by molar-refractivity contribution is 7.77. The number of hydrogen-bond acceptors (Lipinski definition) is 2. The zero-order valence-electron chi connectivity index (χ0n) is 8.43. The molecule has 0 aliphatic carbocycles. The summed E-state index contributed by atoms with van der Waals surface area (Å²) >= 11 is 3.24. The topological polar surface area (TPSA) is 66.4 Å². The van der Waals surface area contributed by atoms with Gasteiger partial charge in [-0.15, -0.1) is 11.6 Å². The summed E-state index contributed by atoms with van der Waals surface area (Å²) in [4.78, 5) is 11.2. The van der Waals surface area contributed by atoms with Crippen LogP contribution in [0.4, 0.5) is 0 Å². The van der Waals surface area contributed by atoms with Crippen LogP contribution in [-0.4, -0.2) is 20.4 Å². The molecule has 6 heteroatoms. The maximum atomic E-state index is 11.2. The van der Waals surface area contributed by atoms with E-state index >= 15 is 0 Å². The van der Waals surface area contributed by atoms with Gasteiger partial charge in [0.2, 0.25) is 11.3 Å². The zero-order chi connectivity index (χ0) is 12.0. The molecule has 2 atom stereocenters. The summed E-state index contributed by atoms with van der Waals surface area (Å²) in [6.45, 7) is 0. The van der Waals surface area contributed by atoms with Crippen molar-refractivity contribution in [3.63, 3.8) is 0 Å². The highest BCUT2D eigenvalue weighted by Gasteiger charge is 2.16. The van der Waals surface area contributed by atoms with Crippen molar-refractivity contribution in [3.8, 4) is 0 Å². The van der Waals surface area contributed by atoms with Crippen LogP contribution in [0.2, 0.25) is 0 Å². The molecule has 2 N–H and O–H groups in total. The van der Waals surface area contributed by atoms with E-state index in [1.165, 1.54) is 0 Å². The SMILES string of the molecule is O=C(CCl)CC(NS(=O)O)c1ccccc1. The molecular weight excluding hydrogens is 250 g/mol. The predicted molar refractivity (Wildman–Crippen MR) is 63.4 cm³/mol. The summed E-state index contributed by atoms with van der Waals surface area (Å²) in [5, 5.41) is 0. The van der Waals surface area contributed by atoms with Crippen LogP contribution in [0.5, 0.6) is 0 Å². The van der Waals surface area contributed by atoms with E-state index in [1.54, 1.807) is 24.3 Å². The molecule has 0 radical (unpaired) electrons. The molecule has 88 valence electrons. The largest absolute Gasteiger partial charge is 0.298 e. The summed E-state index contributed by atoms with van der Waals surface area (Å²) in [6, 6.07) is 8.52. The van der Waals surface area contributed by atoms with Crippen molar-refractivity contribution in [1.29, 1.82) is 0 Å². The molecule has 0 heterocycles. The zero-order valence-corrected chi connectivity index (χ0v) is 10.0. The number of nitrogens with one attached hydrogen (secondary N) is 1. The van der Waals surface area contributed by atoms with Crippen LogP contribution in [0.15, 0.2) is 30.3 Å². The van der Waals surface area contributed by atoms with Crippen molar-refractivity contribution in [2.24, 2.45) is 0 Å². The minimum absolute atomic E-state index is 0.0942. The maximum Gasteiger partial charge on any atom is 0.232 e. The van der Waals surface area contributed by atoms with E-state index in [1.807, 2.05) is 6.07 Å². The maximum absolute atomic E-state index is 11.2. The van der Waals surface area contributed by atoms with Gasteiger partial charge in [-0.3, -0.25) is 9.35 Å². The van der Waals surface area contributed by atoms with E-state index in [4.69, 9.17) is 16.2 Å². The molecule has 1 rings (SSSR count). The fourth-order valence-electron chi connectivity index (χ4n) is 1.32. The predicted octanol–water partition coefficient (Wildman–Crippen LogP) is 1.65. The Labute approximate surface area is 101 Å². The van der Waals surface area contributed by atoms with Gasteiger partial charge in [-0.25, -0.2) is 8.93 Å². The molecule has 16 heavy (non-hydrogen) atoms. The quantitative estimate of drug-likeness (QED) is 0.604. The van der Waals surface area contributed by atoms with E-state index in [-0.39, 0.29) is 18.1 Å². The molecule has 1 aromatic carbocycles. The van der Waals surface area contributed by atoms with Crippen molar-refractivity contribution in [2.75, 3.05) is 5.88 Å². The van der Waals surface area contributed by atoms with E-state index in [0.717, 1.165) is 5.56 Å². The Bertz CT molecular complexity index is 372. The van der Waals surface area contributed by atoms with Gasteiger partial charge >= 0.3 is 0 Å². The number of carbonyl (C=O) groups excluding carboxylic acids is 1. The molecule has 0 aromatic heterocycles. The summed E-state index contributed by atoms with van der Waals surface area (Å²) in [5.41, 5.74) is 0.781. The minimum Gasteiger partial charge on any atom is -0.298 e. The molecule has 0 saturated heterocycles. The second-order valence-electron chi connectivity index (χ2n) is 3.21. The van der Waals surface area contributed by atoms with Gasteiger partial charge < -0.3 is 0 Å². The fraction of sp³-hybridized carbons (Fsp3) is 0.300. The molecule has 0 fully saturated rings. The number of halogens is 1. The normalized spacial score (nSPS) is 14.4. The number of carbonyl (C=O) groups is 1. The number of benzene rings is 1. The van der Waals surface area contributed by atoms with Gasteiger partial charge in [-0.1, -0.05) is 30.3 Å².